The van der Waals surface area contributed by atoms with Crippen LogP contribution in [0.1, 0.15) is 38.2 Å². The average molecular weight is 324 g/mol. The van der Waals surface area contributed by atoms with Crippen LogP contribution < -0.4 is 5.32 Å². The smallest absolute Gasteiger partial charge is 0.322 e. The summed E-state index contributed by atoms with van der Waals surface area (Å²) in [5.74, 6) is -0.0704. The lowest BCUT2D eigenvalue weighted by Gasteiger charge is -2.28. The second-order valence-corrected chi connectivity index (χ2v) is 8.02. The highest BCUT2D eigenvalue weighted by Gasteiger charge is 2.25. The summed E-state index contributed by atoms with van der Waals surface area (Å²) in [6.07, 6.45) is 5.62. The average Bonchev–Trinajstić information content (AvgIpc) is 2.94. The van der Waals surface area contributed by atoms with Crippen molar-refractivity contribution in [2.75, 3.05) is 18.1 Å². The fourth-order valence-electron chi connectivity index (χ4n) is 3.02. The Morgan fingerprint density at radius 1 is 1.27 bits per heavy atom. The molecule has 1 N–H and O–H groups in total. The van der Waals surface area contributed by atoms with E-state index in [-0.39, 0.29) is 11.8 Å². The molecule has 0 aliphatic heterocycles. The predicted molar refractivity (Wildman–Crippen MR) is 88.6 cm³/mol. The normalized spacial score (nSPS) is 15.7. The highest BCUT2D eigenvalue weighted by atomic mass is 32.2. The van der Waals surface area contributed by atoms with Crippen molar-refractivity contribution >= 4 is 21.6 Å². The van der Waals surface area contributed by atoms with Gasteiger partial charge in [-0.25, -0.2) is 13.2 Å². The molecule has 1 aliphatic carbocycles. The molecule has 0 unspecified atom stereocenters. The minimum Gasteiger partial charge on any atom is -0.322 e. The highest BCUT2D eigenvalue weighted by Crippen LogP contribution is 2.25. The van der Waals surface area contributed by atoms with Gasteiger partial charge in [0, 0.05) is 24.5 Å². The zero-order chi connectivity index (χ0) is 16.2. The number of carbonyl (C=O) groups is 1. The van der Waals surface area contributed by atoms with Gasteiger partial charge in [-0.3, -0.25) is 0 Å². The van der Waals surface area contributed by atoms with E-state index in [1.165, 1.54) is 19.1 Å². The maximum atomic E-state index is 12.5. The Morgan fingerprint density at radius 3 is 2.50 bits per heavy atom. The quantitative estimate of drug-likeness (QED) is 0.905. The van der Waals surface area contributed by atoms with Crippen LogP contribution in [0.4, 0.5) is 10.5 Å². The molecule has 1 fully saturated rings. The Bertz CT molecular complexity index is 622. The van der Waals surface area contributed by atoms with Gasteiger partial charge in [-0.15, -0.1) is 0 Å². The number of benzene rings is 1. The molecule has 0 radical (unpaired) electrons. The molecular weight excluding hydrogens is 300 g/mol. The molecule has 0 heterocycles. The molecule has 0 aromatic heterocycles. The Labute approximate surface area is 132 Å². The van der Waals surface area contributed by atoms with E-state index < -0.39 is 9.84 Å². The van der Waals surface area contributed by atoms with E-state index in [0.29, 0.717) is 23.8 Å². The number of hydrogen-bond acceptors (Lipinski definition) is 3. The van der Waals surface area contributed by atoms with Crippen LogP contribution in [-0.2, 0) is 15.6 Å². The van der Waals surface area contributed by atoms with Crippen LogP contribution in [-0.4, -0.2) is 38.2 Å². The molecule has 1 aromatic carbocycles. The maximum absolute atomic E-state index is 12.5. The van der Waals surface area contributed by atoms with Crippen molar-refractivity contribution in [2.24, 2.45) is 0 Å². The first-order valence-electron chi connectivity index (χ1n) is 7.74. The number of nitrogens with one attached hydrogen (secondary N) is 1. The Kier molecular flexibility index (Phi) is 5.45. The molecule has 1 saturated carbocycles. The minimum absolute atomic E-state index is 0.0704. The van der Waals surface area contributed by atoms with Crippen molar-refractivity contribution in [2.45, 2.75) is 44.4 Å². The lowest BCUT2D eigenvalue weighted by molar-refractivity contribution is 0.192. The van der Waals surface area contributed by atoms with Crippen LogP contribution >= 0.6 is 0 Å². The van der Waals surface area contributed by atoms with Gasteiger partial charge in [0.1, 0.15) is 0 Å². The molecule has 6 heteroatoms. The monoisotopic (exact) mass is 324 g/mol. The van der Waals surface area contributed by atoms with Crippen LogP contribution in [0.25, 0.3) is 0 Å². The second-order valence-electron chi connectivity index (χ2n) is 5.88. The van der Waals surface area contributed by atoms with E-state index in [2.05, 4.69) is 5.32 Å². The van der Waals surface area contributed by atoms with Gasteiger partial charge in [0.15, 0.2) is 9.84 Å². The summed E-state index contributed by atoms with van der Waals surface area (Å²) in [7, 11) is -3.14. The molecule has 22 heavy (non-hydrogen) atoms. The lowest BCUT2D eigenvalue weighted by Crippen LogP contribution is -2.41. The van der Waals surface area contributed by atoms with Crippen molar-refractivity contribution in [1.82, 2.24) is 4.90 Å². The van der Waals surface area contributed by atoms with Crippen LogP contribution in [0.15, 0.2) is 24.3 Å². The predicted octanol–water partition coefficient (Wildman–Crippen LogP) is 3.03. The third-order valence-corrected chi connectivity index (χ3v) is 4.88. The van der Waals surface area contributed by atoms with E-state index in [1.807, 2.05) is 11.8 Å². The van der Waals surface area contributed by atoms with Crippen molar-refractivity contribution in [1.29, 1.82) is 0 Å². The molecule has 2 amide bonds. The summed E-state index contributed by atoms with van der Waals surface area (Å²) in [6, 6.07) is 7.23. The largest absolute Gasteiger partial charge is 0.322 e. The number of carbonyl (C=O) groups excluding carboxylic acids is 1. The second kappa shape index (κ2) is 7.13. The molecule has 0 bridgehead atoms. The third-order valence-electron chi connectivity index (χ3n) is 4.04. The summed E-state index contributed by atoms with van der Waals surface area (Å²) >= 11 is 0. The number of anilines is 1. The first kappa shape index (κ1) is 16.8. The number of amides is 2. The lowest BCUT2D eigenvalue weighted by atomic mass is 10.2. The fourth-order valence-corrected chi connectivity index (χ4v) is 3.84. The summed E-state index contributed by atoms with van der Waals surface area (Å²) in [4.78, 5) is 14.4. The third kappa shape index (κ3) is 4.47. The number of sulfone groups is 1. The van der Waals surface area contributed by atoms with Crippen LogP contribution in [0.2, 0.25) is 0 Å². The zero-order valence-corrected chi connectivity index (χ0v) is 14.0. The summed E-state index contributed by atoms with van der Waals surface area (Å²) in [5.41, 5.74) is 1.20. The van der Waals surface area contributed by atoms with Crippen LogP contribution in [0, 0.1) is 0 Å². The van der Waals surface area contributed by atoms with Crippen molar-refractivity contribution < 1.29 is 13.2 Å². The van der Waals surface area contributed by atoms with E-state index >= 15 is 0 Å². The van der Waals surface area contributed by atoms with Gasteiger partial charge in [-0.1, -0.05) is 31.0 Å². The Morgan fingerprint density at radius 2 is 1.91 bits per heavy atom. The van der Waals surface area contributed by atoms with Crippen molar-refractivity contribution in [3.63, 3.8) is 0 Å². The van der Waals surface area contributed by atoms with Gasteiger partial charge in [-0.2, -0.15) is 0 Å². The summed E-state index contributed by atoms with van der Waals surface area (Å²) in [6.45, 7) is 2.63. The fraction of sp³-hybridized carbons (Fsp3) is 0.562. The van der Waals surface area contributed by atoms with E-state index in [0.717, 1.165) is 12.8 Å². The molecule has 5 nitrogen and oxygen atoms in total. The molecule has 0 saturated heterocycles. The number of urea groups is 1. The van der Waals surface area contributed by atoms with Gasteiger partial charge in [0.2, 0.25) is 0 Å². The molecule has 1 aromatic rings. The van der Waals surface area contributed by atoms with Crippen LogP contribution in [0.3, 0.4) is 0 Å². The Balaban J connectivity index is 2.13. The van der Waals surface area contributed by atoms with Crippen LogP contribution in [0.5, 0.6) is 0 Å². The first-order chi connectivity index (χ1) is 10.4. The number of rotatable bonds is 5. The number of nitrogens with zero attached hydrogens (tertiary/aromatic N) is 1. The zero-order valence-electron chi connectivity index (χ0n) is 13.2. The van der Waals surface area contributed by atoms with E-state index in [4.69, 9.17) is 0 Å². The minimum atomic E-state index is -3.14. The standard InChI is InChI=1S/C16H24N2O3S/c1-3-18(14-9-5-6-10-14)16(19)17-15-11-7-4-8-13(15)12-22(2,20)21/h4,7-8,11,14H,3,5-6,9-10,12H2,1-2H3,(H,17,19). The highest BCUT2D eigenvalue weighted by molar-refractivity contribution is 7.89. The molecule has 0 atom stereocenters. The SMILES string of the molecule is CCN(C(=O)Nc1ccccc1CS(C)(=O)=O)C1CCCC1. The molecule has 2 rings (SSSR count). The van der Waals surface area contributed by atoms with Crippen molar-refractivity contribution in [3.8, 4) is 0 Å². The molecule has 122 valence electrons. The van der Waals surface area contributed by atoms with Crippen molar-refractivity contribution in [3.05, 3.63) is 29.8 Å². The Hall–Kier alpha value is -1.56. The summed E-state index contributed by atoms with van der Waals surface area (Å²) in [5, 5.41) is 2.88. The molecule has 0 spiro atoms. The number of hydrogen-bond donors (Lipinski definition) is 1. The van der Waals surface area contributed by atoms with Gasteiger partial charge in [0.25, 0.3) is 0 Å². The van der Waals surface area contributed by atoms with E-state index in [9.17, 15) is 13.2 Å². The number of para-hydroxylation sites is 1. The van der Waals surface area contributed by atoms with E-state index in [1.54, 1.807) is 24.3 Å². The topological polar surface area (TPSA) is 66.5 Å². The first-order valence-corrected chi connectivity index (χ1v) is 9.80. The van der Waals surface area contributed by atoms with Gasteiger partial charge in [-0.05, 0) is 31.4 Å². The van der Waals surface area contributed by atoms with Gasteiger partial charge >= 0.3 is 6.03 Å². The maximum Gasteiger partial charge on any atom is 0.322 e. The van der Waals surface area contributed by atoms with Gasteiger partial charge in [0.05, 0.1) is 5.75 Å². The summed E-state index contributed by atoms with van der Waals surface area (Å²) < 4.78 is 23.0. The molecular formula is C16H24N2O3S. The van der Waals surface area contributed by atoms with Gasteiger partial charge < -0.3 is 10.2 Å². The molecule has 1 aliphatic rings.